The lowest BCUT2D eigenvalue weighted by atomic mass is 10.3. The molecule has 0 unspecified atom stereocenters. The van der Waals surface area contributed by atoms with E-state index in [9.17, 15) is 0 Å². The van der Waals surface area contributed by atoms with E-state index in [1.807, 2.05) is 19.1 Å². The molecule has 0 amide bonds. The van der Waals surface area contributed by atoms with E-state index in [-0.39, 0.29) is 0 Å². The normalized spacial score (nSPS) is 10.3. The van der Waals surface area contributed by atoms with E-state index in [4.69, 9.17) is 27.9 Å². The van der Waals surface area contributed by atoms with Gasteiger partial charge in [-0.15, -0.1) is 0 Å². The molecule has 0 heterocycles. The molecule has 0 spiro atoms. The average molecular weight is 248 g/mol. The van der Waals surface area contributed by atoms with Crippen LogP contribution in [0.5, 0.6) is 0 Å². The molecule has 1 aromatic rings. The highest BCUT2D eigenvalue weighted by atomic mass is 35.5. The molecule has 0 aromatic heterocycles. The molecule has 1 rings (SSSR count). The summed E-state index contributed by atoms with van der Waals surface area (Å²) in [7, 11) is 0. The molecule has 0 radical (unpaired) electrons. The average Bonchev–Trinajstić information content (AvgIpc) is 2.23. The van der Waals surface area contributed by atoms with Gasteiger partial charge >= 0.3 is 0 Å². The minimum absolute atomic E-state index is 0.575. The Morgan fingerprint density at radius 1 is 1.27 bits per heavy atom. The van der Waals surface area contributed by atoms with Gasteiger partial charge in [0.25, 0.3) is 0 Å². The van der Waals surface area contributed by atoms with Crippen molar-refractivity contribution in [1.29, 1.82) is 0 Å². The first kappa shape index (κ1) is 12.6. The molecule has 0 saturated carbocycles. The molecular formula is C11H15Cl2NO. The van der Waals surface area contributed by atoms with Crippen molar-refractivity contribution >= 4 is 28.9 Å². The van der Waals surface area contributed by atoms with Crippen molar-refractivity contribution in [3.8, 4) is 0 Å². The molecule has 0 bridgehead atoms. The van der Waals surface area contributed by atoms with E-state index in [0.717, 1.165) is 31.9 Å². The fourth-order valence-corrected chi connectivity index (χ4v) is 1.46. The zero-order chi connectivity index (χ0) is 11.1. The Labute approximate surface area is 101 Å². The largest absolute Gasteiger partial charge is 0.385 e. The summed E-state index contributed by atoms with van der Waals surface area (Å²) in [5.41, 5.74) is 0.987. The number of hydrogen-bond acceptors (Lipinski definition) is 2. The maximum atomic E-state index is 5.88. The monoisotopic (exact) mass is 247 g/mol. The van der Waals surface area contributed by atoms with E-state index in [0.29, 0.717) is 10.0 Å². The number of hydrogen-bond donors (Lipinski definition) is 1. The molecule has 0 aliphatic rings. The van der Waals surface area contributed by atoms with E-state index >= 15 is 0 Å². The molecule has 1 aromatic carbocycles. The van der Waals surface area contributed by atoms with Crippen LogP contribution in [-0.4, -0.2) is 19.8 Å². The summed E-state index contributed by atoms with van der Waals surface area (Å²) < 4.78 is 5.23. The van der Waals surface area contributed by atoms with Gasteiger partial charge in [-0.2, -0.15) is 0 Å². The number of benzene rings is 1. The van der Waals surface area contributed by atoms with Crippen molar-refractivity contribution in [2.75, 3.05) is 25.1 Å². The van der Waals surface area contributed by atoms with E-state index in [1.165, 1.54) is 0 Å². The Hall–Kier alpha value is -0.440. The standard InChI is InChI=1S/C11H15Cl2NO/c1-2-15-7-3-6-14-9-4-5-10(12)11(13)8-9/h4-5,8,14H,2-3,6-7H2,1H3. The zero-order valence-electron chi connectivity index (χ0n) is 8.72. The number of nitrogens with one attached hydrogen (secondary N) is 1. The molecule has 0 atom stereocenters. The fraction of sp³-hybridized carbons (Fsp3) is 0.455. The maximum Gasteiger partial charge on any atom is 0.0612 e. The summed E-state index contributed by atoms with van der Waals surface area (Å²) in [4.78, 5) is 0. The predicted molar refractivity (Wildman–Crippen MR) is 66.1 cm³/mol. The molecule has 15 heavy (non-hydrogen) atoms. The molecule has 84 valence electrons. The Morgan fingerprint density at radius 2 is 2.07 bits per heavy atom. The van der Waals surface area contributed by atoms with Gasteiger partial charge in [-0.05, 0) is 31.5 Å². The van der Waals surface area contributed by atoms with Crippen LogP contribution in [0.1, 0.15) is 13.3 Å². The van der Waals surface area contributed by atoms with Crippen LogP contribution in [0.25, 0.3) is 0 Å². The van der Waals surface area contributed by atoms with Crippen molar-refractivity contribution in [1.82, 2.24) is 0 Å². The highest BCUT2D eigenvalue weighted by Gasteiger charge is 1.98. The SMILES string of the molecule is CCOCCCNc1ccc(Cl)c(Cl)c1. The molecule has 0 aliphatic heterocycles. The molecule has 0 aliphatic carbocycles. The second kappa shape index (κ2) is 6.94. The van der Waals surface area contributed by atoms with Gasteiger partial charge in [-0.1, -0.05) is 23.2 Å². The lowest BCUT2D eigenvalue weighted by Crippen LogP contribution is -2.05. The predicted octanol–water partition coefficient (Wildman–Crippen LogP) is 3.83. The van der Waals surface area contributed by atoms with E-state index in [1.54, 1.807) is 6.07 Å². The Kier molecular flexibility index (Phi) is 5.84. The second-order valence-electron chi connectivity index (χ2n) is 3.11. The van der Waals surface area contributed by atoms with Crippen molar-refractivity contribution in [3.63, 3.8) is 0 Å². The van der Waals surface area contributed by atoms with Crippen molar-refractivity contribution in [2.45, 2.75) is 13.3 Å². The van der Waals surface area contributed by atoms with Crippen molar-refractivity contribution < 1.29 is 4.74 Å². The van der Waals surface area contributed by atoms with Gasteiger partial charge in [-0.25, -0.2) is 0 Å². The minimum atomic E-state index is 0.575. The fourth-order valence-electron chi connectivity index (χ4n) is 1.16. The van der Waals surface area contributed by atoms with Crippen molar-refractivity contribution in [2.24, 2.45) is 0 Å². The van der Waals surface area contributed by atoms with Crippen LogP contribution in [-0.2, 0) is 4.74 Å². The molecule has 1 N–H and O–H groups in total. The Bertz CT molecular complexity index is 305. The smallest absolute Gasteiger partial charge is 0.0612 e. The highest BCUT2D eigenvalue weighted by molar-refractivity contribution is 6.42. The van der Waals surface area contributed by atoms with Crippen LogP contribution in [0.15, 0.2) is 18.2 Å². The van der Waals surface area contributed by atoms with E-state index < -0.39 is 0 Å². The Balaban J connectivity index is 2.28. The number of halogens is 2. The molecule has 0 saturated heterocycles. The lowest BCUT2D eigenvalue weighted by Gasteiger charge is -2.07. The summed E-state index contributed by atoms with van der Waals surface area (Å²) in [5, 5.41) is 4.40. The van der Waals surface area contributed by atoms with Crippen molar-refractivity contribution in [3.05, 3.63) is 28.2 Å². The summed E-state index contributed by atoms with van der Waals surface area (Å²) >= 11 is 11.7. The van der Waals surface area contributed by atoms with Gasteiger partial charge in [0.2, 0.25) is 0 Å². The van der Waals surface area contributed by atoms with Gasteiger partial charge in [0.05, 0.1) is 10.0 Å². The highest BCUT2D eigenvalue weighted by Crippen LogP contribution is 2.24. The first-order valence-corrected chi connectivity index (χ1v) is 5.76. The number of anilines is 1. The number of rotatable bonds is 6. The quantitative estimate of drug-likeness (QED) is 0.772. The minimum Gasteiger partial charge on any atom is -0.385 e. The third kappa shape index (κ3) is 4.74. The third-order valence-electron chi connectivity index (χ3n) is 1.92. The molecule has 4 heteroatoms. The first-order chi connectivity index (χ1) is 7.24. The summed E-state index contributed by atoms with van der Waals surface area (Å²) in [5.74, 6) is 0. The van der Waals surface area contributed by atoms with Crippen LogP contribution in [0.2, 0.25) is 10.0 Å². The Morgan fingerprint density at radius 3 is 2.73 bits per heavy atom. The van der Waals surface area contributed by atoms with Crippen LogP contribution in [0.4, 0.5) is 5.69 Å². The summed E-state index contributed by atoms with van der Waals surface area (Å²) in [6, 6.07) is 5.52. The second-order valence-corrected chi connectivity index (χ2v) is 3.92. The van der Waals surface area contributed by atoms with Gasteiger partial charge < -0.3 is 10.1 Å². The van der Waals surface area contributed by atoms with Crippen LogP contribution < -0.4 is 5.32 Å². The molecular weight excluding hydrogens is 233 g/mol. The summed E-state index contributed by atoms with van der Waals surface area (Å²) in [6.07, 6.45) is 0.980. The zero-order valence-corrected chi connectivity index (χ0v) is 10.2. The molecule has 0 fully saturated rings. The third-order valence-corrected chi connectivity index (χ3v) is 2.66. The van der Waals surface area contributed by atoms with Gasteiger partial charge in [0, 0.05) is 25.4 Å². The van der Waals surface area contributed by atoms with Gasteiger partial charge in [0.15, 0.2) is 0 Å². The number of ether oxygens (including phenoxy) is 1. The van der Waals surface area contributed by atoms with Crippen LogP contribution in [0, 0.1) is 0 Å². The van der Waals surface area contributed by atoms with Crippen LogP contribution >= 0.6 is 23.2 Å². The molecule has 2 nitrogen and oxygen atoms in total. The van der Waals surface area contributed by atoms with Crippen LogP contribution in [0.3, 0.4) is 0 Å². The first-order valence-electron chi connectivity index (χ1n) is 5.00. The maximum absolute atomic E-state index is 5.88. The van der Waals surface area contributed by atoms with E-state index in [2.05, 4.69) is 5.32 Å². The lowest BCUT2D eigenvalue weighted by molar-refractivity contribution is 0.147. The van der Waals surface area contributed by atoms with Gasteiger partial charge in [-0.3, -0.25) is 0 Å². The topological polar surface area (TPSA) is 21.3 Å². The summed E-state index contributed by atoms with van der Waals surface area (Å²) in [6.45, 7) is 4.42. The van der Waals surface area contributed by atoms with Gasteiger partial charge in [0.1, 0.15) is 0 Å².